The quantitative estimate of drug-likeness (QED) is 0.677. The minimum Gasteiger partial charge on any atom is -0.461 e. The van der Waals surface area contributed by atoms with Crippen LogP contribution in [0.15, 0.2) is 0 Å². The highest BCUT2D eigenvalue weighted by atomic mass is 16.5. The van der Waals surface area contributed by atoms with E-state index in [0.29, 0.717) is 18.9 Å². The zero-order valence-electron chi connectivity index (χ0n) is 7.76. The van der Waals surface area contributed by atoms with Crippen molar-refractivity contribution in [1.29, 1.82) is 0 Å². The van der Waals surface area contributed by atoms with E-state index in [2.05, 4.69) is 9.97 Å². The van der Waals surface area contributed by atoms with Crippen molar-refractivity contribution in [2.24, 2.45) is 0 Å². The maximum absolute atomic E-state index is 11.2. The topological polar surface area (TPSA) is 81.0 Å². The molecule has 0 unspecified atom stereocenters. The Hall–Kier alpha value is -1.52. The molecule has 0 saturated heterocycles. The molecule has 0 atom stereocenters. The summed E-state index contributed by atoms with van der Waals surface area (Å²) in [5.41, 5.74) is 5.71. The maximum Gasteiger partial charge on any atom is 0.360 e. The molecule has 0 fully saturated rings. The standard InChI is InChI=1S/C8H13N3O2/c1-3-5-10-6(7(9)11-5)8(12)13-4-2/h3-4,9H2,1-2H3,(H,10,11). The summed E-state index contributed by atoms with van der Waals surface area (Å²) in [4.78, 5) is 18.0. The molecule has 0 amide bonds. The van der Waals surface area contributed by atoms with Crippen LogP contribution in [0, 0.1) is 0 Å². The monoisotopic (exact) mass is 183 g/mol. The number of imidazole rings is 1. The third kappa shape index (κ3) is 1.99. The van der Waals surface area contributed by atoms with E-state index >= 15 is 0 Å². The molecule has 0 radical (unpaired) electrons. The lowest BCUT2D eigenvalue weighted by molar-refractivity contribution is 0.0521. The van der Waals surface area contributed by atoms with Crippen LogP contribution < -0.4 is 5.73 Å². The smallest absolute Gasteiger partial charge is 0.360 e. The number of aromatic amines is 1. The summed E-state index contributed by atoms with van der Waals surface area (Å²) in [6.07, 6.45) is 0.712. The van der Waals surface area contributed by atoms with E-state index in [4.69, 9.17) is 10.5 Å². The number of carbonyl (C=O) groups excluding carboxylic acids is 1. The molecule has 0 bridgehead atoms. The summed E-state index contributed by atoms with van der Waals surface area (Å²) in [7, 11) is 0. The van der Waals surface area contributed by atoms with E-state index in [1.165, 1.54) is 0 Å². The van der Waals surface area contributed by atoms with E-state index in [1.54, 1.807) is 6.92 Å². The Kier molecular flexibility index (Phi) is 2.89. The molecule has 0 aliphatic heterocycles. The molecule has 0 aliphatic rings. The number of carbonyl (C=O) groups is 1. The van der Waals surface area contributed by atoms with Gasteiger partial charge in [-0.2, -0.15) is 0 Å². The second-order valence-corrected chi connectivity index (χ2v) is 2.52. The van der Waals surface area contributed by atoms with Crippen LogP contribution in [0.5, 0.6) is 0 Å². The van der Waals surface area contributed by atoms with Crippen molar-refractivity contribution in [3.05, 3.63) is 11.5 Å². The van der Waals surface area contributed by atoms with Gasteiger partial charge in [-0.3, -0.25) is 0 Å². The number of aryl methyl sites for hydroxylation is 1. The molecule has 5 heteroatoms. The molecule has 1 aromatic heterocycles. The van der Waals surface area contributed by atoms with Crippen molar-refractivity contribution in [2.75, 3.05) is 12.3 Å². The lowest BCUT2D eigenvalue weighted by Crippen LogP contribution is -2.07. The molecule has 1 aromatic rings. The van der Waals surface area contributed by atoms with E-state index in [1.807, 2.05) is 6.92 Å². The third-order valence-electron chi connectivity index (χ3n) is 1.58. The Morgan fingerprint density at radius 3 is 2.77 bits per heavy atom. The third-order valence-corrected chi connectivity index (χ3v) is 1.58. The Morgan fingerprint density at radius 2 is 2.31 bits per heavy atom. The molecule has 0 aliphatic carbocycles. The molecule has 5 nitrogen and oxygen atoms in total. The first-order valence-corrected chi connectivity index (χ1v) is 4.20. The number of aromatic nitrogens is 2. The summed E-state index contributed by atoms with van der Waals surface area (Å²) in [5, 5.41) is 0. The van der Waals surface area contributed by atoms with Gasteiger partial charge in [-0.1, -0.05) is 6.92 Å². The second kappa shape index (κ2) is 3.93. The molecule has 0 spiro atoms. The summed E-state index contributed by atoms with van der Waals surface area (Å²) in [6.45, 7) is 3.99. The molecular formula is C8H13N3O2. The average molecular weight is 183 g/mol. The van der Waals surface area contributed by atoms with Crippen LogP contribution in [-0.2, 0) is 11.2 Å². The van der Waals surface area contributed by atoms with Crippen LogP contribution in [0.25, 0.3) is 0 Å². The lowest BCUT2D eigenvalue weighted by Gasteiger charge is -1.97. The number of anilines is 1. The van der Waals surface area contributed by atoms with Crippen molar-refractivity contribution in [1.82, 2.24) is 9.97 Å². The van der Waals surface area contributed by atoms with Gasteiger partial charge in [-0.15, -0.1) is 0 Å². The SMILES string of the molecule is CCOC(=O)c1nc(CC)[nH]c1N. The first-order valence-electron chi connectivity index (χ1n) is 4.20. The van der Waals surface area contributed by atoms with Gasteiger partial charge in [0.05, 0.1) is 6.61 Å². The summed E-state index contributed by atoms with van der Waals surface area (Å²) in [5.74, 6) is 0.492. The van der Waals surface area contributed by atoms with Crippen LogP contribution >= 0.6 is 0 Å². The Balaban J connectivity index is 2.87. The largest absolute Gasteiger partial charge is 0.461 e. The number of hydrogen-bond donors (Lipinski definition) is 2. The highest BCUT2D eigenvalue weighted by Gasteiger charge is 2.15. The van der Waals surface area contributed by atoms with Crippen LogP contribution in [0.1, 0.15) is 30.2 Å². The van der Waals surface area contributed by atoms with Crippen molar-refractivity contribution >= 4 is 11.8 Å². The molecule has 1 rings (SSSR count). The first kappa shape index (κ1) is 9.57. The summed E-state index contributed by atoms with van der Waals surface area (Å²) < 4.78 is 4.77. The number of nitrogens with one attached hydrogen (secondary N) is 1. The summed E-state index contributed by atoms with van der Waals surface area (Å²) >= 11 is 0. The predicted molar refractivity (Wildman–Crippen MR) is 48.3 cm³/mol. The predicted octanol–water partition coefficient (Wildman–Crippen LogP) is 0.731. The van der Waals surface area contributed by atoms with E-state index in [-0.39, 0.29) is 11.5 Å². The van der Waals surface area contributed by atoms with Crippen LogP contribution in [0.4, 0.5) is 5.82 Å². The normalized spacial score (nSPS) is 10.0. The molecule has 0 saturated carbocycles. The van der Waals surface area contributed by atoms with Crippen LogP contribution in [-0.4, -0.2) is 22.5 Å². The van der Waals surface area contributed by atoms with E-state index < -0.39 is 5.97 Å². The van der Waals surface area contributed by atoms with Crippen molar-refractivity contribution in [3.63, 3.8) is 0 Å². The number of H-pyrrole nitrogens is 1. The molecule has 1 heterocycles. The fourth-order valence-electron chi connectivity index (χ4n) is 0.960. The van der Waals surface area contributed by atoms with Gasteiger partial charge in [-0.05, 0) is 6.92 Å². The van der Waals surface area contributed by atoms with Crippen LogP contribution in [0.2, 0.25) is 0 Å². The molecular weight excluding hydrogens is 170 g/mol. The number of ether oxygens (including phenoxy) is 1. The van der Waals surface area contributed by atoms with Gasteiger partial charge < -0.3 is 15.5 Å². The molecule has 13 heavy (non-hydrogen) atoms. The van der Waals surface area contributed by atoms with Gasteiger partial charge >= 0.3 is 5.97 Å². The Labute approximate surface area is 76.3 Å². The van der Waals surface area contributed by atoms with Crippen molar-refractivity contribution < 1.29 is 9.53 Å². The average Bonchev–Trinajstić information content (AvgIpc) is 2.47. The highest BCUT2D eigenvalue weighted by Crippen LogP contribution is 2.09. The minimum atomic E-state index is -0.476. The van der Waals surface area contributed by atoms with Gasteiger partial charge in [-0.25, -0.2) is 9.78 Å². The number of hydrogen-bond acceptors (Lipinski definition) is 4. The van der Waals surface area contributed by atoms with Gasteiger partial charge in [0.2, 0.25) is 0 Å². The Morgan fingerprint density at radius 1 is 1.62 bits per heavy atom. The number of nitrogens with zero attached hydrogens (tertiary/aromatic N) is 1. The summed E-state index contributed by atoms with van der Waals surface area (Å²) in [6, 6.07) is 0. The molecule has 0 aromatic carbocycles. The van der Waals surface area contributed by atoms with Crippen molar-refractivity contribution in [2.45, 2.75) is 20.3 Å². The zero-order valence-corrected chi connectivity index (χ0v) is 7.76. The van der Waals surface area contributed by atoms with Gasteiger partial charge in [0.15, 0.2) is 5.69 Å². The van der Waals surface area contributed by atoms with Gasteiger partial charge in [0, 0.05) is 6.42 Å². The maximum atomic E-state index is 11.2. The first-order chi connectivity index (χ1) is 6.19. The minimum absolute atomic E-state index is 0.179. The van der Waals surface area contributed by atoms with Gasteiger partial charge in [0.1, 0.15) is 11.6 Å². The fourth-order valence-corrected chi connectivity index (χ4v) is 0.960. The van der Waals surface area contributed by atoms with E-state index in [9.17, 15) is 4.79 Å². The number of nitrogens with two attached hydrogens (primary N) is 1. The fraction of sp³-hybridized carbons (Fsp3) is 0.500. The number of nitrogen functional groups attached to an aromatic ring is 1. The number of esters is 1. The highest BCUT2D eigenvalue weighted by molar-refractivity contribution is 5.92. The number of rotatable bonds is 3. The van der Waals surface area contributed by atoms with Gasteiger partial charge in [0.25, 0.3) is 0 Å². The van der Waals surface area contributed by atoms with E-state index in [0.717, 1.165) is 0 Å². The van der Waals surface area contributed by atoms with Crippen molar-refractivity contribution in [3.8, 4) is 0 Å². The second-order valence-electron chi connectivity index (χ2n) is 2.52. The molecule has 3 N–H and O–H groups in total. The zero-order chi connectivity index (χ0) is 9.84. The molecule has 72 valence electrons. The Bertz CT molecular complexity index is 306. The van der Waals surface area contributed by atoms with Crippen LogP contribution in [0.3, 0.4) is 0 Å². The lowest BCUT2D eigenvalue weighted by atomic mass is 10.4.